The van der Waals surface area contributed by atoms with Gasteiger partial charge in [-0.15, -0.1) is 0 Å². The average molecular weight is 267 g/mol. The van der Waals surface area contributed by atoms with E-state index in [4.69, 9.17) is 0 Å². The van der Waals surface area contributed by atoms with Crippen LogP contribution in [-0.2, 0) is 0 Å². The molecule has 0 radical (unpaired) electrons. The van der Waals surface area contributed by atoms with Crippen molar-refractivity contribution in [3.05, 3.63) is 41.9 Å². The minimum Gasteiger partial charge on any atom is -0.362 e. The summed E-state index contributed by atoms with van der Waals surface area (Å²) < 4.78 is 1.87. The normalized spacial score (nSPS) is 11.0. The van der Waals surface area contributed by atoms with Crippen molar-refractivity contribution in [3.8, 4) is 5.69 Å². The van der Waals surface area contributed by atoms with E-state index in [2.05, 4.69) is 47.1 Å². The van der Waals surface area contributed by atoms with E-state index in [-0.39, 0.29) is 0 Å². The maximum Gasteiger partial charge on any atom is 0.168 e. The molecule has 20 heavy (non-hydrogen) atoms. The number of aromatic nitrogens is 4. The summed E-state index contributed by atoms with van der Waals surface area (Å²) in [4.78, 5) is 10.7. The molecule has 0 aliphatic heterocycles. The summed E-state index contributed by atoms with van der Waals surface area (Å²) in [5.41, 5.74) is 4.28. The highest BCUT2D eigenvalue weighted by Crippen LogP contribution is 2.23. The molecule has 0 N–H and O–H groups in total. The van der Waals surface area contributed by atoms with Gasteiger partial charge in [0, 0.05) is 14.1 Å². The van der Waals surface area contributed by atoms with Gasteiger partial charge < -0.3 is 4.90 Å². The van der Waals surface area contributed by atoms with E-state index in [0.717, 1.165) is 22.5 Å². The van der Waals surface area contributed by atoms with Gasteiger partial charge in [-0.2, -0.15) is 5.10 Å². The molecule has 0 spiro atoms. The summed E-state index contributed by atoms with van der Waals surface area (Å²) in [5, 5.41) is 5.43. The molecule has 0 aliphatic rings. The lowest BCUT2D eigenvalue weighted by atomic mass is 10.1. The first-order valence-corrected chi connectivity index (χ1v) is 6.51. The Morgan fingerprint density at radius 2 is 1.70 bits per heavy atom. The van der Waals surface area contributed by atoms with Gasteiger partial charge >= 0.3 is 0 Å². The first-order chi connectivity index (χ1) is 9.56. The summed E-state index contributed by atoms with van der Waals surface area (Å²) >= 11 is 0. The minimum absolute atomic E-state index is 0.828. The number of hydrogen-bond acceptors (Lipinski definition) is 4. The van der Waals surface area contributed by atoms with Gasteiger partial charge in [-0.05, 0) is 37.1 Å². The van der Waals surface area contributed by atoms with Crippen LogP contribution in [0, 0.1) is 13.8 Å². The van der Waals surface area contributed by atoms with E-state index >= 15 is 0 Å². The van der Waals surface area contributed by atoms with E-state index in [1.165, 1.54) is 11.1 Å². The van der Waals surface area contributed by atoms with E-state index in [1.807, 2.05) is 29.9 Å². The number of rotatable bonds is 2. The van der Waals surface area contributed by atoms with Gasteiger partial charge in [0.05, 0.1) is 17.3 Å². The highest BCUT2D eigenvalue weighted by molar-refractivity contribution is 5.87. The van der Waals surface area contributed by atoms with Crippen LogP contribution in [-0.4, -0.2) is 33.8 Å². The van der Waals surface area contributed by atoms with Crippen molar-refractivity contribution in [1.82, 2.24) is 19.7 Å². The Kier molecular flexibility index (Phi) is 2.89. The summed E-state index contributed by atoms with van der Waals surface area (Å²) in [6.07, 6.45) is 3.40. The van der Waals surface area contributed by atoms with Crippen molar-refractivity contribution in [2.24, 2.45) is 0 Å². The van der Waals surface area contributed by atoms with Crippen LogP contribution < -0.4 is 4.90 Å². The summed E-state index contributed by atoms with van der Waals surface area (Å²) in [7, 11) is 3.94. The van der Waals surface area contributed by atoms with Gasteiger partial charge in [0.1, 0.15) is 12.1 Å². The highest BCUT2D eigenvalue weighted by atomic mass is 15.3. The fraction of sp³-hybridized carbons (Fsp3) is 0.267. The van der Waals surface area contributed by atoms with Crippen molar-refractivity contribution in [2.75, 3.05) is 19.0 Å². The highest BCUT2D eigenvalue weighted by Gasteiger charge is 2.12. The van der Waals surface area contributed by atoms with Gasteiger partial charge in [0.15, 0.2) is 5.65 Å². The molecule has 5 nitrogen and oxygen atoms in total. The number of aryl methyl sites for hydroxylation is 2. The third-order valence-electron chi connectivity index (χ3n) is 3.22. The summed E-state index contributed by atoms with van der Waals surface area (Å²) in [6, 6.07) is 6.36. The second-order valence-electron chi connectivity index (χ2n) is 5.23. The van der Waals surface area contributed by atoms with E-state index in [9.17, 15) is 0 Å². The van der Waals surface area contributed by atoms with Gasteiger partial charge in [-0.1, -0.05) is 6.07 Å². The molecule has 0 unspecified atom stereocenters. The lowest BCUT2D eigenvalue weighted by Crippen LogP contribution is -2.11. The third-order valence-corrected chi connectivity index (χ3v) is 3.22. The average Bonchev–Trinajstić information content (AvgIpc) is 2.80. The zero-order valence-electron chi connectivity index (χ0n) is 12.1. The molecule has 0 bridgehead atoms. The summed E-state index contributed by atoms with van der Waals surface area (Å²) in [6.45, 7) is 4.17. The Hall–Kier alpha value is -2.43. The number of anilines is 1. The molecule has 0 atom stereocenters. The Bertz CT molecular complexity index is 753. The molecule has 3 rings (SSSR count). The van der Waals surface area contributed by atoms with Crippen LogP contribution in [0.4, 0.5) is 5.82 Å². The quantitative estimate of drug-likeness (QED) is 0.715. The van der Waals surface area contributed by atoms with Crippen LogP contribution in [0.1, 0.15) is 11.1 Å². The SMILES string of the molecule is Cc1cc(C)cc(-n2ncc3c(N(C)C)ncnc32)c1. The maximum atomic E-state index is 4.48. The zero-order chi connectivity index (χ0) is 14.3. The Morgan fingerprint density at radius 3 is 2.35 bits per heavy atom. The second kappa shape index (κ2) is 4.59. The zero-order valence-corrected chi connectivity index (χ0v) is 12.1. The van der Waals surface area contributed by atoms with Crippen molar-refractivity contribution in [1.29, 1.82) is 0 Å². The van der Waals surface area contributed by atoms with Crippen LogP contribution in [0.15, 0.2) is 30.7 Å². The van der Waals surface area contributed by atoms with E-state index in [0.29, 0.717) is 0 Å². The van der Waals surface area contributed by atoms with E-state index < -0.39 is 0 Å². The van der Waals surface area contributed by atoms with Gasteiger partial charge in [0.2, 0.25) is 0 Å². The first kappa shape index (κ1) is 12.6. The van der Waals surface area contributed by atoms with Crippen molar-refractivity contribution in [2.45, 2.75) is 13.8 Å². The molecule has 1 aromatic carbocycles. The van der Waals surface area contributed by atoms with Gasteiger partial charge in [-0.25, -0.2) is 14.6 Å². The van der Waals surface area contributed by atoms with Gasteiger partial charge in [0.25, 0.3) is 0 Å². The molecule has 0 amide bonds. The lowest BCUT2D eigenvalue weighted by Gasteiger charge is -2.11. The van der Waals surface area contributed by atoms with Crippen molar-refractivity contribution in [3.63, 3.8) is 0 Å². The molecule has 3 aromatic rings. The Morgan fingerprint density at radius 1 is 1.00 bits per heavy atom. The third kappa shape index (κ3) is 2.01. The molecule has 2 heterocycles. The molecule has 102 valence electrons. The number of benzene rings is 1. The Balaban J connectivity index is 2.25. The summed E-state index contributed by atoms with van der Waals surface area (Å²) in [5.74, 6) is 0.880. The lowest BCUT2D eigenvalue weighted by molar-refractivity contribution is 0.891. The molecule has 0 fully saturated rings. The fourth-order valence-corrected chi connectivity index (χ4v) is 2.45. The fourth-order valence-electron chi connectivity index (χ4n) is 2.45. The predicted octanol–water partition coefficient (Wildman–Crippen LogP) is 2.50. The van der Waals surface area contributed by atoms with Crippen LogP contribution >= 0.6 is 0 Å². The minimum atomic E-state index is 0.828. The molecule has 0 aliphatic carbocycles. The monoisotopic (exact) mass is 267 g/mol. The second-order valence-corrected chi connectivity index (χ2v) is 5.23. The number of hydrogen-bond donors (Lipinski definition) is 0. The largest absolute Gasteiger partial charge is 0.362 e. The first-order valence-electron chi connectivity index (χ1n) is 6.51. The number of fused-ring (bicyclic) bond motifs is 1. The Labute approximate surface area is 117 Å². The van der Waals surface area contributed by atoms with Crippen molar-refractivity contribution >= 4 is 16.9 Å². The van der Waals surface area contributed by atoms with Crippen LogP contribution in [0.3, 0.4) is 0 Å². The molecule has 5 heteroatoms. The van der Waals surface area contributed by atoms with Crippen LogP contribution in [0.2, 0.25) is 0 Å². The molecule has 0 saturated heterocycles. The number of nitrogens with zero attached hydrogens (tertiary/aromatic N) is 5. The van der Waals surface area contributed by atoms with Crippen LogP contribution in [0.5, 0.6) is 0 Å². The molecule has 0 saturated carbocycles. The molecule has 2 aromatic heterocycles. The van der Waals surface area contributed by atoms with Crippen molar-refractivity contribution < 1.29 is 0 Å². The molecular formula is C15H17N5. The standard InChI is InChI=1S/C15H17N5/c1-10-5-11(2)7-12(6-10)20-15-13(8-18-20)14(19(3)4)16-9-17-15/h5-9H,1-4H3. The van der Waals surface area contributed by atoms with Crippen LogP contribution in [0.25, 0.3) is 16.7 Å². The van der Waals surface area contributed by atoms with Gasteiger partial charge in [-0.3, -0.25) is 0 Å². The smallest absolute Gasteiger partial charge is 0.168 e. The predicted molar refractivity (Wildman–Crippen MR) is 80.5 cm³/mol. The van der Waals surface area contributed by atoms with E-state index in [1.54, 1.807) is 6.33 Å². The topological polar surface area (TPSA) is 46.8 Å². The maximum absolute atomic E-state index is 4.48. The molecular weight excluding hydrogens is 250 g/mol.